The highest BCUT2D eigenvalue weighted by molar-refractivity contribution is 5.94. The van der Waals surface area contributed by atoms with Crippen molar-refractivity contribution in [2.24, 2.45) is 5.92 Å². The zero-order valence-corrected chi connectivity index (χ0v) is 14.8. The normalized spacial score (nSPS) is 18.1. The number of nitrogens with zero attached hydrogens (tertiary/aromatic N) is 3. The van der Waals surface area contributed by atoms with Gasteiger partial charge in [0.1, 0.15) is 0 Å². The summed E-state index contributed by atoms with van der Waals surface area (Å²) in [5.41, 5.74) is 4.56. The molecule has 0 atom stereocenters. The van der Waals surface area contributed by atoms with E-state index >= 15 is 0 Å². The van der Waals surface area contributed by atoms with Crippen molar-refractivity contribution in [1.29, 1.82) is 0 Å². The number of rotatable bonds is 2. The minimum absolute atomic E-state index is 0.124. The Morgan fingerprint density at radius 3 is 2.64 bits per heavy atom. The van der Waals surface area contributed by atoms with Gasteiger partial charge in [0.05, 0.1) is 17.4 Å². The Balaban J connectivity index is 1.51. The molecule has 2 aliphatic rings. The second kappa shape index (κ2) is 6.87. The molecule has 4 nitrogen and oxygen atoms in total. The summed E-state index contributed by atoms with van der Waals surface area (Å²) >= 11 is 0. The van der Waals surface area contributed by atoms with Crippen molar-refractivity contribution in [2.45, 2.75) is 32.7 Å². The van der Waals surface area contributed by atoms with Crippen molar-refractivity contribution < 1.29 is 4.79 Å². The molecule has 0 N–H and O–H groups in total. The highest BCUT2D eigenvalue weighted by Crippen LogP contribution is 2.25. The van der Waals surface area contributed by atoms with Crippen molar-refractivity contribution in [1.82, 2.24) is 9.88 Å². The highest BCUT2D eigenvalue weighted by atomic mass is 16.2. The van der Waals surface area contributed by atoms with Gasteiger partial charge in [0.15, 0.2) is 0 Å². The topological polar surface area (TPSA) is 36.4 Å². The van der Waals surface area contributed by atoms with Gasteiger partial charge in [-0.05, 0) is 42.4 Å². The lowest BCUT2D eigenvalue weighted by atomic mass is 9.98. The number of piperidine rings is 1. The standard InChI is InChI=1S/C21H25N3O/c1-16-6-9-23(10-7-16)21(25)19-12-20(14-22-13-19)24-11-8-17-4-2-3-5-18(17)15-24/h2-5,12-14,16H,6-11,15H2,1H3. The maximum atomic E-state index is 12.8. The second-order valence-corrected chi connectivity index (χ2v) is 7.35. The van der Waals surface area contributed by atoms with Crippen LogP contribution in [0.15, 0.2) is 42.7 Å². The van der Waals surface area contributed by atoms with Crippen LogP contribution in [0.1, 0.15) is 41.3 Å². The lowest BCUT2D eigenvalue weighted by molar-refractivity contribution is 0.0697. The third kappa shape index (κ3) is 3.39. The van der Waals surface area contributed by atoms with E-state index in [4.69, 9.17) is 0 Å². The molecule has 0 spiro atoms. The molecule has 2 aromatic rings. The molecule has 3 heterocycles. The van der Waals surface area contributed by atoms with Crippen molar-refractivity contribution in [3.63, 3.8) is 0 Å². The summed E-state index contributed by atoms with van der Waals surface area (Å²) in [4.78, 5) is 21.5. The Hall–Kier alpha value is -2.36. The largest absolute Gasteiger partial charge is 0.366 e. The van der Waals surface area contributed by atoms with Crippen LogP contribution in [0, 0.1) is 5.92 Å². The number of benzene rings is 1. The first kappa shape index (κ1) is 16.1. The molecule has 1 aromatic carbocycles. The van der Waals surface area contributed by atoms with E-state index < -0.39 is 0 Å². The zero-order chi connectivity index (χ0) is 17.2. The van der Waals surface area contributed by atoms with Crippen LogP contribution < -0.4 is 4.90 Å². The van der Waals surface area contributed by atoms with E-state index in [2.05, 4.69) is 41.1 Å². The molecule has 2 aliphatic heterocycles. The summed E-state index contributed by atoms with van der Waals surface area (Å²) in [5.74, 6) is 0.848. The SMILES string of the molecule is CC1CCN(C(=O)c2cncc(N3CCc4ccccc4C3)c2)CC1. The summed E-state index contributed by atoms with van der Waals surface area (Å²) in [6.07, 6.45) is 6.83. The quantitative estimate of drug-likeness (QED) is 0.842. The van der Waals surface area contributed by atoms with Gasteiger partial charge in [0, 0.05) is 32.4 Å². The third-order valence-electron chi connectivity index (χ3n) is 5.54. The third-order valence-corrected chi connectivity index (χ3v) is 5.54. The predicted octanol–water partition coefficient (Wildman–Crippen LogP) is 3.52. The first-order valence-electron chi connectivity index (χ1n) is 9.27. The van der Waals surface area contributed by atoms with Crippen LogP contribution in [0.5, 0.6) is 0 Å². The fourth-order valence-corrected chi connectivity index (χ4v) is 3.83. The molecule has 1 aromatic heterocycles. The highest BCUT2D eigenvalue weighted by Gasteiger charge is 2.23. The maximum absolute atomic E-state index is 12.8. The minimum Gasteiger partial charge on any atom is -0.366 e. The van der Waals surface area contributed by atoms with Gasteiger partial charge >= 0.3 is 0 Å². The van der Waals surface area contributed by atoms with Crippen LogP contribution >= 0.6 is 0 Å². The van der Waals surface area contributed by atoms with Crippen molar-refractivity contribution in [2.75, 3.05) is 24.5 Å². The van der Waals surface area contributed by atoms with Gasteiger partial charge in [-0.1, -0.05) is 31.2 Å². The number of amides is 1. The van der Waals surface area contributed by atoms with Crippen LogP contribution in [-0.4, -0.2) is 35.4 Å². The zero-order valence-electron chi connectivity index (χ0n) is 14.8. The fraction of sp³-hybridized carbons (Fsp3) is 0.429. The van der Waals surface area contributed by atoms with E-state index in [-0.39, 0.29) is 5.91 Å². The molecule has 0 saturated carbocycles. The average Bonchev–Trinajstić information content (AvgIpc) is 2.68. The average molecular weight is 335 g/mol. The van der Waals surface area contributed by atoms with Gasteiger partial charge in [-0.25, -0.2) is 0 Å². The molecule has 25 heavy (non-hydrogen) atoms. The smallest absolute Gasteiger partial charge is 0.255 e. The number of anilines is 1. The van der Waals surface area contributed by atoms with Crippen molar-refractivity contribution in [3.05, 3.63) is 59.4 Å². The van der Waals surface area contributed by atoms with Crippen LogP contribution in [0.4, 0.5) is 5.69 Å². The second-order valence-electron chi connectivity index (χ2n) is 7.35. The van der Waals surface area contributed by atoms with E-state index in [1.807, 2.05) is 17.2 Å². The van der Waals surface area contributed by atoms with Gasteiger partial charge in [0.25, 0.3) is 5.91 Å². The predicted molar refractivity (Wildman–Crippen MR) is 99.7 cm³/mol. The Morgan fingerprint density at radius 2 is 1.84 bits per heavy atom. The molecule has 130 valence electrons. The Bertz CT molecular complexity index is 765. The maximum Gasteiger partial charge on any atom is 0.255 e. The number of carbonyl (C=O) groups excluding carboxylic acids is 1. The van der Waals surface area contributed by atoms with Crippen LogP contribution in [0.25, 0.3) is 0 Å². The molecule has 0 bridgehead atoms. The number of carbonyl (C=O) groups is 1. The lowest BCUT2D eigenvalue weighted by Gasteiger charge is -2.32. The van der Waals surface area contributed by atoms with Crippen LogP contribution in [0.3, 0.4) is 0 Å². The summed E-state index contributed by atoms with van der Waals surface area (Å²) in [6, 6.07) is 10.6. The first-order valence-corrected chi connectivity index (χ1v) is 9.27. The van der Waals surface area contributed by atoms with E-state index in [0.717, 1.165) is 57.0 Å². The molecule has 0 aliphatic carbocycles. The Morgan fingerprint density at radius 1 is 1.08 bits per heavy atom. The fourth-order valence-electron chi connectivity index (χ4n) is 3.83. The molecule has 0 radical (unpaired) electrons. The molecule has 1 saturated heterocycles. The summed E-state index contributed by atoms with van der Waals surface area (Å²) in [7, 11) is 0. The number of aromatic nitrogens is 1. The Kier molecular flexibility index (Phi) is 4.43. The molecule has 4 heteroatoms. The Labute approximate surface area is 149 Å². The summed E-state index contributed by atoms with van der Waals surface area (Å²) < 4.78 is 0. The van der Waals surface area contributed by atoms with Gasteiger partial charge < -0.3 is 9.80 Å². The van der Waals surface area contributed by atoms with Crippen LogP contribution in [-0.2, 0) is 13.0 Å². The molecule has 0 unspecified atom stereocenters. The molecular formula is C21H25N3O. The number of fused-ring (bicyclic) bond motifs is 1. The number of pyridine rings is 1. The van der Waals surface area contributed by atoms with E-state index in [1.165, 1.54) is 11.1 Å². The minimum atomic E-state index is 0.124. The van der Waals surface area contributed by atoms with Gasteiger partial charge in [-0.2, -0.15) is 0 Å². The first-order chi connectivity index (χ1) is 12.2. The molecule has 1 amide bonds. The van der Waals surface area contributed by atoms with E-state index in [9.17, 15) is 4.79 Å². The van der Waals surface area contributed by atoms with Gasteiger partial charge in [0.2, 0.25) is 0 Å². The van der Waals surface area contributed by atoms with Gasteiger partial charge in [-0.15, -0.1) is 0 Å². The summed E-state index contributed by atoms with van der Waals surface area (Å²) in [6.45, 7) is 5.84. The summed E-state index contributed by atoms with van der Waals surface area (Å²) in [5, 5.41) is 0. The number of hydrogen-bond acceptors (Lipinski definition) is 3. The number of likely N-dealkylation sites (tertiary alicyclic amines) is 1. The van der Waals surface area contributed by atoms with Gasteiger partial charge in [-0.3, -0.25) is 9.78 Å². The molecule has 4 rings (SSSR count). The van der Waals surface area contributed by atoms with Crippen molar-refractivity contribution in [3.8, 4) is 0 Å². The lowest BCUT2D eigenvalue weighted by Crippen LogP contribution is -2.38. The monoisotopic (exact) mass is 335 g/mol. The molecular weight excluding hydrogens is 310 g/mol. The molecule has 1 fully saturated rings. The van der Waals surface area contributed by atoms with E-state index in [1.54, 1.807) is 6.20 Å². The number of hydrogen-bond donors (Lipinski definition) is 0. The van der Waals surface area contributed by atoms with Crippen LogP contribution in [0.2, 0.25) is 0 Å². The van der Waals surface area contributed by atoms with Crippen molar-refractivity contribution >= 4 is 11.6 Å². The van der Waals surface area contributed by atoms with E-state index in [0.29, 0.717) is 5.56 Å².